The summed E-state index contributed by atoms with van der Waals surface area (Å²) in [6, 6.07) is 4.31. The third kappa shape index (κ3) is 8.78. The molecule has 2 heterocycles. The number of carbonyl (C=O) groups excluding carboxylic acids is 3. The number of Topliss-reactive ketones (excluding diaryl/α,β-unsaturated/α-hetero) is 1. The quantitative estimate of drug-likeness (QED) is 0.324. The lowest BCUT2D eigenvalue weighted by Gasteiger charge is -2.28. The minimum Gasteiger partial charge on any atom is -0.435 e. The number of ketones is 1. The number of aryl methyl sites for hydroxylation is 1. The summed E-state index contributed by atoms with van der Waals surface area (Å²) < 4.78 is 67.0. The van der Waals surface area contributed by atoms with Gasteiger partial charge in [0.2, 0.25) is 23.5 Å². The maximum atomic E-state index is 13.4. The molecule has 2 amide bonds. The van der Waals surface area contributed by atoms with Gasteiger partial charge in [-0.15, -0.1) is 10.2 Å². The maximum Gasteiger partial charge on any atom is 0.387 e. The van der Waals surface area contributed by atoms with Gasteiger partial charge in [-0.3, -0.25) is 14.4 Å². The van der Waals surface area contributed by atoms with Crippen LogP contribution >= 0.6 is 0 Å². The predicted octanol–water partition coefficient (Wildman–Crippen LogP) is 1.79. The number of rotatable bonds is 14. The monoisotopic (exact) mass is 586 g/mol. The van der Waals surface area contributed by atoms with E-state index in [1.165, 1.54) is 29.2 Å². The Hall–Kier alpha value is -3.46. The Kier molecular flexibility index (Phi) is 11.1. The van der Waals surface area contributed by atoms with E-state index in [1.807, 2.05) is 0 Å². The Morgan fingerprint density at radius 1 is 1.12 bits per heavy atom. The van der Waals surface area contributed by atoms with Gasteiger partial charge in [-0.2, -0.15) is 8.78 Å². The predicted molar refractivity (Wildman–Crippen MR) is 136 cm³/mol. The maximum absolute atomic E-state index is 13.4. The van der Waals surface area contributed by atoms with Crippen LogP contribution < -0.4 is 10.1 Å². The van der Waals surface area contributed by atoms with E-state index in [2.05, 4.69) is 20.3 Å². The van der Waals surface area contributed by atoms with Crippen molar-refractivity contribution in [1.82, 2.24) is 20.4 Å². The number of para-hydroxylation sites is 1. The number of alkyl halides is 2. The minimum atomic E-state index is -4.14. The largest absolute Gasteiger partial charge is 0.435 e. The fourth-order valence-corrected chi connectivity index (χ4v) is 5.82. The number of amides is 2. The number of aromatic nitrogens is 2. The average Bonchev–Trinajstić information content (AvgIpc) is 3.41. The lowest BCUT2D eigenvalue weighted by Crippen LogP contribution is -2.47. The summed E-state index contributed by atoms with van der Waals surface area (Å²) in [6.07, 6.45) is 0.0769. The Morgan fingerprint density at radius 2 is 1.82 bits per heavy atom. The Labute approximate surface area is 230 Å². The van der Waals surface area contributed by atoms with Crippen LogP contribution in [0.2, 0.25) is 0 Å². The lowest BCUT2D eigenvalue weighted by molar-refractivity contribution is -0.139. The molecule has 2 atom stereocenters. The Balaban J connectivity index is 1.81. The van der Waals surface area contributed by atoms with Crippen LogP contribution in [0.3, 0.4) is 0 Å². The molecule has 2 unspecified atom stereocenters. The molecule has 15 heteroatoms. The van der Waals surface area contributed by atoms with Crippen molar-refractivity contribution in [2.45, 2.75) is 51.5 Å². The van der Waals surface area contributed by atoms with Gasteiger partial charge in [0.15, 0.2) is 9.84 Å². The highest BCUT2D eigenvalue weighted by Gasteiger charge is 2.34. The second kappa shape index (κ2) is 14.3. The molecule has 1 aromatic carbocycles. The molecule has 0 bridgehead atoms. The van der Waals surface area contributed by atoms with Crippen LogP contribution in [0.4, 0.5) is 8.78 Å². The molecule has 12 nitrogen and oxygen atoms in total. The van der Waals surface area contributed by atoms with Crippen molar-refractivity contribution in [1.29, 1.82) is 0 Å². The molecular formula is C25H32F2N4O8S. The van der Waals surface area contributed by atoms with E-state index in [1.54, 1.807) is 13.8 Å². The van der Waals surface area contributed by atoms with E-state index >= 15 is 0 Å². The number of ether oxygens (including phenoxy) is 2. The SMILES string of the molecule is CCc1nnc(C(=O)C(CC)NC(=O)C(CC(=O)N2CCOCC2)CS(=O)(=O)Cc2ccccc2OC(F)F)o1. The molecule has 0 spiro atoms. The first-order valence-electron chi connectivity index (χ1n) is 12.8. The highest BCUT2D eigenvalue weighted by Crippen LogP contribution is 2.24. The van der Waals surface area contributed by atoms with E-state index in [0.717, 1.165) is 0 Å². The first kappa shape index (κ1) is 31.1. The van der Waals surface area contributed by atoms with Crippen molar-refractivity contribution in [3.8, 4) is 5.75 Å². The van der Waals surface area contributed by atoms with Crippen LogP contribution in [-0.4, -0.2) is 85.8 Å². The van der Waals surface area contributed by atoms with Gasteiger partial charge >= 0.3 is 6.61 Å². The molecule has 1 saturated heterocycles. The molecule has 1 aromatic heterocycles. The van der Waals surface area contributed by atoms with Crippen LogP contribution in [0.25, 0.3) is 0 Å². The molecule has 0 radical (unpaired) electrons. The van der Waals surface area contributed by atoms with Crippen molar-refractivity contribution in [3.63, 3.8) is 0 Å². The summed E-state index contributed by atoms with van der Waals surface area (Å²) in [4.78, 5) is 40.7. The van der Waals surface area contributed by atoms with E-state index in [-0.39, 0.29) is 42.6 Å². The topological polar surface area (TPSA) is 158 Å². The molecule has 3 rings (SSSR count). The number of benzene rings is 1. The molecule has 1 aliphatic rings. The fourth-order valence-electron chi connectivity index (χ4n) is 4.10. The Bertz CT molecular complexity index is 1280. The third-order valence-electron chi connectivity index (χ3n) is 6.20. The van der Waals surface area contributed by atoms with Gasteiger partial charge < -0.3 is 24.1 Å². The van der Waals surface area contributed by atoms with Crippen LogP contribution in [0, 0.1) is 5.92 Å². The van der Waals surface area contributed by atoms with Gasteiger partial charge in [-0.1, -0.05) is 32.0 Å². The first-order chi connectivity index (χ1) is 19.0. The highest BCUT2D eigenvalue weighted by molar-refractivity contribution is 7.90. The van der Waals surface area contributed by atoms with Gasteiger partial charge in [0.1, 0.15) is 5.75 Å². The Morgan fingerprint density at radius 3 is 2.45 bits per heavy atom. The van der Waals surface area contributed by atoms with Gasteiger partial charge in [0.05, 0.1) is 36.7 Å². The van der Waals surface area contributed by atoms with Gasteiger partial charge in [-0.25, -0.2) is 8.42 Å². The van der Waals surface area contributed by atoms with Crippen molar-refractivity contribution >= 4 is 27.4 Å². The number of hydrogen-bond acceptors (Lipinski definition) is 10. The fraction of sp³-hybridized carbons (Fsp3) is 0.560. The molecule has 2 aromatic rings. The zero-order valence-corrected chi connectivity index (χ0v) is 23.0. The second-order valence-corrected chi connectivity index (χ2v) is 11.2. The highest BCUT2D eigenvalue weighted by atomic mass is 32.2. The molecule has 220 valence electrons. The number of hydrogen-bond donors (Lipinski definition) is 1. The molecule has 1 aliphatic heterocycles. The van der Waals surface area contributed by atoms with E-state index in [4.69, 9.17) is 9.15 Å². The number of carbonyl (C=O) groups is 3. The number of halogens is 2. The summed E-state index contributed by atoms with van der Waals surface area (Å²) in [7, 11) is -4.14. The summed E-state index contributed by atoms with van der Waals surface area (Å²) in [6.45, 7) is 1.40. The zero-order valence-electron chi connectivity index (χ0n) is 22.2. The average molecular weight is 587 g/mol. The molecule has 40 heavy (non-hydrogen) atoms. The molecule has 1 N–H and O–H groups in total. The molecule has 1 fully saturated rings. The summed E-state index contributed by atoms with van der Waals surface area (Å²) >= 11 is 0. The van der Waals surface area contributed by atoms with Crippen molar-refractivity contribution in [2.75, 3.05) is 32.1 Å². The van der Waals surface area contributed by atoms with Gasteiger partial charge in [0.25, 0.3) is 5.89 Å². The molecule has 0 saturated carbocycles. The molecule has 0 aliphatic carbocycles. The lowest BCUT2D eigenvalue weighted by atomic mass is 10.0. The van der Waals surface area contributed by atoms with Crippen LogP contribution in [0.1, 0.15) is 48.8 Å². The number of nitrogens with zero attached hydrogens (tertiary/aromatic N) is 3. The minimum absolute atomic E-state index is 0.0220. The smallest absolute Gasteiger partial charge is 0.387 e. The van der Waals surface area contributed by atoms with Crippen molar-refractivity contribution in [3.05, 3.63) is 41.6 Å². The standard InChI is InChI=1S/C25H32F2N4O8S/c1-3-18(22(33)24-30-29-20(4-2)39-24)28-23(34)17(13-21(32)31-9-11-37-12-10-31)15-40(35,36)14-16-7-5-6-8-19(16)38-25(26)27/h5-8,17-18,25H,3-4,9-15H2,1-2H3,(H,28,34). The summed E-state index contributed by atoms with van der Waals surface area (Å²) in [5, 5.41) is 9.97. The van der Waals surface area contributed by atoms with Crippen LogP contribution in [0.15, 0.2) is 28.7 Å². The second-order valence-electron chi connectivity index (χ2n) is 9.12. The van der Waals surface area contributed by atoms with E-state index < -0.39 is 63.9 Å². The normalized spacial score (nSPS) is 15.5. The number of nitrogens with one attached hydrogen (secondary N) is 1. The van der Waals surface area contributed by atoms with Crippen LogP contribution in [-0.2, 0) is 36.3 Å². The number of morpholine rings is 1. The number of sulfone groups is 1. The van der Waals surface area contributed by atoms with Crippen molar-refractivity contribution in [2.24, 2.45) is 5.92 Å². The molecular weight excluding hydrogens is 554 g/mol. The zero-order chi connectivity index (χ0) is 29.3. The van der Waals surface area contributed by atoms with E-state index in [9.17, 15) is 31.6 Å². The summed E-state index contributed by atoms with van der Waals surface area (Å²) in [5.74, 6) is -5.17. The summed E-state index contributed by atoms with van der Waals surface area (Å²) in [5.41, 5.74) is -0.0220. The van der Waals surface area contributed by atoms with Gasteiger partial charge in [0, 0.05) is 31.5 Å². The van der Waals surface area contributed by atoms with Gasteiger partial charge in [-0.05, 0) is 12.5 Å². The van der Waals surface area contributed by atoms with E-state index in [0.29, 0.717) is 19.6 Å². The van der Waals surface area contributed by atoms with Crippen LogP contribution in [0.5, 0.6) is 5.75 Å². The van der Waals surface area contributed by atoms with Crippen molar-refractivity contribution < 1.29 is 45.5 Å². The third-order valence-corrected chi connectivity index (χ3v) is 7.86. The first-order valence-corrected chi connectivity index (χ1v) is 14.6.